The minimum Gasteiger partial charge on any atom is -0.290 e. The summed E-state index contributed by atoms with van der Waals surface area (Å²) in [6, 6.07) is 11.2. The van der Waals surface area contributed by atoms with Crippen molar-refractivity contribution in [3.63, 3.8) is 0 Å². The second-order valence-electron chi connectivity index (χ2n) is 5.63. The number of rotatable bonds is 7. The van der Waals surface area contributed by atoms with Gasteiger partial charge in [-0.2, -0.15) is 0 Å². The van der Waals surface area contributed by atoms with Crippen molar-refractivity contribution in [2.75, 3.05) is 12.8 Å². The molecule has 1 heterocycles. The molecule has 1 aliphatic rings. The zero-order valence-corrected chi connectivity index (χ0v) is 14.2. The molecule has 0 N–H and O–H groups in total. The molecular weight excluding hydrogens is 298 g/mol. The molecule has 112 valence electrons. The number of hydrogen-bond acceptors (Lipinski definition) is 5. The molecule has 2 aromatic rings. The van der Waals surface area contributed by atoms with E-state index in [9.17, 15) is 0 Å². The molecule has 0 bridgehead atoms. The van der Waals surface area contributed by atoms with Gasteiger partial charge >= 0.3 is 0 Å². The Morgan fingerprint density at radius 2 is 2.05 bits per heavy atom. The molecule has 0 aliphatic heterocycles. The maximum atomic E-state index is 4.34. The lowest BCUT2D eigenvalue weighted by Crippen LogP contribution is -2.28. The summed E-state index contributed by atoms with van der Waals surface area (Å²) in [6.07, 6.45) is 4.81. The lowest BCUT2D eigenvalue weighted by molar-refractivity contribution is 0.192. The van der Waals surface area contributed by atoms with E-state index in [0.717, 1.165) is 21.8 Å². The van der Waals surface area contributed by atoms with Crippen molar-refractivity contribution in [2.45, 2.75) is 36.7 Å². The van der Waals surface area contributed by atoms with Crippen molar-refractivity contribution in [3.05, 3.63) is 40.9 Å². The third-order valence-corrected chi connectivity index (χ3v) is 5.86. The van der Waals surface area contributed by atoms with Crippen LogP contribution in [0.4, 0.5) is 0 Å². The average molecular weight is 319 g/mol. The summed E-state index contributed by atoms with van der Waals surface area (Å²) in [5, 5.41) is 9.68. The summed E-state index contributed by atoms with van der Waals surface area (Å²) >= 11 is 3.39. The van der Waals surface area contributed by atoms with E-state index in [0.29, 0.717) is 6.04 Å². The Morgan fingerprint density at radius 1 is 1.29 bits per heavy atom. The molecule has 0 unspecified atom stereocenters. The normalized spacial score (nSPS) is 16.3. The standard InChI is InChI=1S/C16H21N3S2/c1-12(14-6-4-3-5-7-14)19(10-13-8-9-13)11-15-17-18-16(20-2)21-15/h3-7,12-13H,8-11H2,1-2H3/t12-/m0/s1. The Balaban J connectivity index is 1.73. The maximum Gasteiger partial charge on any atom is 0.174 e. The van der Waals surface area contributed by atoms with Crippen LogP contribution < -0.4 is 0 Å². The van der Waals surface area contributed by atoms with E-state index in [1.165, 1.54) is 24.9 Å². The van der Waals surface area contributed by atoms with Crippen LogP contribution in [0.15, 0.2) is 34.7 Å². The van der Waals surface area contributed by atoms with Crippen LogP contribution in [0.5, 0.6) is 0 Å². The minimum atomic E-state index is 0.424. The molecule has 21 heavy (non-hydrogen) atoms. The molecule has 1 aromatic heterocycles. The summed E-state index contributed by atoms with van der Waals surface area (Å²) in [5.41, 5.74) is 1.38. The zero-order chi connectivity index (χ0) is 14.7. The van der Waals surface area contributed by atoms with Gasteiger partial charge in [-0.3, -0.25) is 4.90 Å². The van der Waals surface area contributed by atoms with Crippen molar-refractivity contribution in [1.82, 2.24) is 15.1 Å². The van der Waals surface area contributed by atoms with Crippen LogP contribution in [-0.4, -0.2) is 27.9 Å². The van der Waals surface area contributed by atoms with Gasteiger partial charge in [0.05, 0.1) is 6.54 Å². The fraction of sp³-hybridized carbons (Fsp3) is 0.500. The lowest BCUT2D eigenvalue weighted by Gasteiger charge is -2.28. The van der Waals surface area contributed by atoms with E-state index < -0.39 is 0 Å². The van der Waals surface area contributed by atoms with E-state index in [1.54, 1.807) is 23.1 Å². The number of aromatic nitrogens is 2. The second kappa shape index (κ2) is 6.90. The number of thioether (sulfide) groups is 1. The lowest BCUT2D eigenvalue weighted by atomic mass is 10.1. The summed E-state index contributed by atoms with van der Waals surface area (Å²) in [5.74, 6) is 0.879. The quantitative estimate of drug-likeness (QED) is 0.714. The predicted molar refractivity (Wildman–Crippen MR) is 89.7 cm³/mol. The first-order valence-electron chi connectivity index (χ1n) is 7.41. The molecule has 1 aromatic carbocycles. The molecular formula is C16H21N3S2. The molecule has 0 amide bonds. The van der Waals surface area contributed by atoms with Gasteiger partial charge in [-0.05, 0) is 37.5 Å². The van der Waals surface area contributed by atoms with Gasteiger partial charge in [-0.25, -0.2) is 0 Å². The summed E-state index contributed by atoms with van der Waals surface area (Å²) in [7, 11) is 0. The van der Waals surface area contributed by atoms with E-state index in [2.05, 4.69) is 58.6 Å². The van der Waals surface area contributed by atoms with Crippen molar-refractivity contribution in [2.24, 2.45) is 5.92 Å². The van der Waals surface area contributed by atoms with Gasteiger partial charge in [0.1, 0.15) is 5.01 Å². The van der Waals surface area contributed by atoms with Gasteiger partial charge in [0.2, 0.25) is 0 Å². The van der Waals surface area contributed by atoms with Crippen LogP contribution in [0.3, 0.4) is 0 Å². The van der Waals surface area contributed by atoms with Gasteiger partial charge in [-0.15, -0.1) is 10.2 Å². The van der Waals surface area contributed by atoms with Crippen LogP contribution in [0.25, 0.3) is 0 Å². The van der Waals surface area contributed by atoms with Crippen LogP contribution >= 0.6 is 23.1 Å². The number of nitrogens with zero attached hydrogens (tertiary/aromatic N) is 3. The zero-order valence-electron chi connectivity index (χ0n) is 12.5. The Morgan fingerprint density at radius 3 is 2.67 bits per heavy atom. The minimum absolute atomic E-state index is 0.424. The number of benzene rings is 1. The van der Waals surface area contributed by atoms with Crippen molar-refractivity contribution in [3.8, 4) is 0 Å². The highest BCUT2D eigenvalue weighted by atomic mass is 32.2. The van der Waals surface area contributed by atoms with Gasteiger partial charge < -0.3 is 0 Å². The third-order valence-electron chi connectivity index (χ3n) is 3.98. The summed E-state index contributed by atoms with van der Waals surface area (Å²) in [6.45, 7) is 4.38. The Bertz CT molecular complexity index is 566. The van der Waals surface area contributed by atoms with Crippen molar-refractivity contribution in [1.29, 1.82) is 0 Å². The average Bonchev–Trinajstić information content (AvgIpc) is 3.23. The van der Waals surface area contributed by atoms with Gasteiger partial charge in [0, 0.05) is 12.6 Å². The molecule has 1 aliphatic carbocycles. The monoisotopic (exact) mass is 319 g/mol. The summed E-state index contributed by atoms with van der Waals surface area (Å²) < 4.78 is 1.06. The molecule has 5 heteroatoms. The highest BCUT2D eigenvalue weighted by molar-refractivity contribution is 8.00. The van der Waals surface area contributed by atoms with Crippen LogP contribution in [0.2, 0.25) is 0 Å². The molecule has 3 rings (SSSR count). The van der Waals surface area contributed by atoms with E-state index in [1.807, 2.05) is 0 Å². The highest BCUT2D eigenvalue weighted by Gasteiger charge is 2.27. The highest BCUT2D eigenvalue weighted by Crippen LogP contribution is 2.34. The number of hydrogen-bond donors (Lipinski definition) is 0. The molecule has 0 spiro atoms. The van der Waals surface area contributed by atoms with Gasteiger partial charge in [0.25, 0.3) is 0 Å². The second-order valence-corrected chi connectivity index (χ2v) is 7.74. The third kappa shape index (κ3) is 4.05. The van der Waals surface area contributed by atoms with E-state index in [4.69, 9.17) is 0 Å². The fourth-order valence-corrected chi connectivity index (χ4v) is 3.83. The Kier molecular flexibility index (Phi) is 4.93. The first kappa shape index (κ1) is 15.0. The van der Waals surface area contributed by atoms with E-state index in [-0.39, 0.29) is 0 Å². The van der Waals surface area contributed by atoms with Crippen molar-refractivity contribution >= 4 is 23.1 Å². The van der Waals surface area contributed by atoms with E-state index >= 15 is 0 Å². The van der Waals surface area contributed by atoms with Crippen LogP contribution in [0, 0.1) is 5.92 Å². The Labute approximate surface area is 134 Å². The topological polar surface area (TPSA) is 29.0 Å². The largest absolute Gasteiger partial charge is 0.290 e. The molecule has 0 radical (unpaired) electrons. The van der Waals surface area contributed by atoms with Crippen molar-refractivity contribution < 1.29 is 0 Å². The first-order chi connectivity index (χ1) is 10.3. The Hall–Kier alpha value is -0.910. The van der Waals surface area contributed by atoms with Gasteiger partial charge in [0.15, 0.2) is 4.34 Å². The maximum absolute atomic E-state index is 4.34. The fourth-order valence-electron chi connectivity index (χ4n) is 2.49. The smallest absolute Gasteiger partial charge is 0.174 e. The van der Waals surface area contributed by atoms with Crippen LogP contribution in [0.1, 0.15) is 36.4 Å². The molecule has 0 saturated heterocycles. The van der Waals surface area contributed by atoms with Crippen LogP contribution in [-0.2, 0) is 6.54 Å². The van der Waals surface area contributed by atoms with Gasteiger partial charge in [-0.1, -0.05) is 53.4 Å². The predicted octanol–water partition coefficient (Wildman–Crippen LogP) is 4.23. The molecule has 1 saturated carbocycles. The molecule has 3 nitrogen and oxygen atoms in total. The molecule has 1 atom stereocenters. The SMILES string of the molecule is CSc1nnc(CN(CC2CC2)[C@@H](C)c2ccccc2)s1. The summed E-state index contributed by atoms with van der Waals surface area (Å²) in [4.78, 5) is 2.55. The first-order valence-corrected chi connectivity index (χ1v) is 9.45. The molecule has 1 fully saturated rings.